The molecule has 0 radical (unpaired) electrons. The van der Waals surface area contributed by atoms with E-state index < -0.39 is 0 Å². The zero-order chi connectivity index (χ0) is 8.39. The number of rotatable bonds is 2. The Hall–Kier alpha value is -0.990. The number of nitrogens with one attached hydrogen (secondary N) is 1. The first-order valence-corrected chi connectivity index (χ1v) is 4.64. The molecule has 0 bridgehead atoms. The van der Waals surface area contributed by atoms with E-state index in [1.807, 2.05) is 0 Å². The summed E-state index contributed by atoms with van der Waals surface area (Å²) in [6.07, 6.45) is 8.28. The van der Waals surface area contributed by atoms with E-state index >= 15 is 0 Å². The minimum atomic E-state index is 0.821. The van der Waals surface area contributed by atoms with Gasteiger partial charge in [-0.05, 0) is 12.3 Å². The summed E-state index contributed by atoms with van der Waals surface area (Å²) in [5, 5.41) is 6.87. The lowest BCUT2D eigenvalue weighted by Gasteiger charge is -2.06. The van der Waals surface area contributed by atoms with Gasteiger partial charge in [0.15, 0.2) is 0 Å². The molecule has 1 aliphatic rings. The van der Waals surface area contributed by atoms with Crippen molar-refractivity contribution in [3.8, 4) is 0 Å². The molecule has 1 aromatic heterocycles. The van der Waals surface area contributed by atoms with Gasteiger partial charge in [0, 0.05) is 0 Å². The van der Waals surface area contributed by atoms with Gasteiger partial charge in [-0.1, -0.05) is 25.7 Å². The summed E-state index contributed by atoms with van der Waals surface area (Å²) in [5.41, 5.74) is 7.67. The second-order valence-electron chi connectivity index (χ2n) is 3.66. The Balaban J connectivity index is 1.98. The monoisotopic (exact) mass is 165 g/mol. The third kappa shape index (κ3) is 1.44. The summed E-state index contributed by atoms with van der Waals surface area (Å²) in [6, 6.07) is 0. The van der Waals surface area contributed by atoms with Crippen LogP contribution in [0.3, 0.4) is 0 Å². The molecule has 0 aliphatic heterocycles. The zero-order valence-corrected chi connectivity index (χ0v) is 7.21. The molecule has 1 aliphatic carbocycles. The smallest absolute Gasteiger partial charge is 0.0730 e. The zero-order valence-electron chi connectivity index (χ0n) is 7.21. The number of nitrogens with zero attached hydrogens (tertiary/aromatic N) is 1. The molecule has 0 aromatic carbocycles. The van der Waals surface area contributed by atoms with Gasteiger partial charge in [0.05, 0.1) is 17.6 Å². The highest BCUT2D eigenvalue weighted by Gasteiger charge is 2.16. The number of aromatic nitrogens is 2. The Kier molecular flexibility index (Phi) is 2.02. The fourth-order valence-corrected chi connectivity index (χ4v) is 1.99. The average molecular weight is 165 g/mol. The molecule has 0 saturated heterocycles. The number of nitrogens with two attached hydrogens (primary N) is 1. The quantitative estimate of drug-likeness (QED) is 0.701. The highest BCUT2D eigenvalue weighted by atomic mass is 15.1. The molecule has 0 spiro atoms. The number of nitrogen functional groups attached to an aromatic ring is 1. The highest BCUT2D eigenvalue weighted by Crippen LogP contribution is 2.28. The van der Waals surface area contributed by atoms with Gasteiger partial charge in [0.25, 0.3) is 0 Å². The summed E-state index contributed by atoms with van der Waals surface area (Å²) in [5.74, 6) is 0.841. The molecule has 0 atom stereocenters. The Labute approximate surface area is 72.4 Å². The summed E-state index contributed by atoms with van der Waals surface area (Å²) in [6.45, 7) is 0. The van der Waals surface area contributed by atoms with E-state index in [0.29, 0.717) is 0 Å². The Bertz CT molecular complexity index is 248. The van der Waals surface area contributed by atoms with Crippen LogP contribution in [0.25, 0.3) is 0 Å². The van der Waals surface area contributed by atoms with Crippen molar-refractivity contribution >= 4 is 5.69 Å². The third-order valence-electron chi connectivity index (χ3n) is 2.72. The maximum Gasteiger partial charge on any atom is 0.0730 e. The van der Waals surface area contributed by atoms with Crippen LogP contribution in [0, 0.1) is 5.92 Å². The van der Waals surface area contributed by atoms with E-state index in [0.717, 1.165) is 23.7 Å². The van der Waals surface area contributed by atoms with E-state index in [1.165, 1.54) is 25.7 Å². The van der Waals surface area contributed by atoms with Crippen LogP contribution in [-0.2, 0) is 6.42 Å². The molecular formula is C9H15N3. The van der Waals surface area contributed by atoms with Gasteiger partial charge in [0.2, 0.25) is 0 Å². The number of hydrogen-bond acceptors (Lipinski definition) is 2. The first-order valence-electron chi connectivity index (χ1n) is 4.64. The molecule has 0 amide bonds. The summed E-state index contributed by atoms with van der Waals surface area (Å²) in [4.78, 5) is 0. The lowest BCUT2D eigenvalue weighted by molar-refractivity contribution is 0.539. The molecule has 3 N–H and O–H groups in total. The lowest BCUT2D eigenvalue weighted by atomic mass is 10.0. The number of anilines is 1. The van der Waals surface area contributed by atoms with Crippen molar-refractivity contribution in [2.24, 2.45) is 5.92 Å². The predicted octanol–water partition coefficient (Wildman–Crippen LogP) is 1.72. The number of aromatic amines is 1. The lowest BCUT2D eigenvalue weighted by Crippen LogP contribution is -2.01. The van der Waals surface area contributed by atoms with Crippen molar-refractivity contribution in [1.29, 1.82) is 0 Å². The Morgan fingerprint density at radius 2 is 2.25 bits per heavy atom. The first-order chi connectivity index (χ1) is 5.86. The standard InChI is InChI=1S/C9H15N3/c10-8-6-11-12-9(8)5-7-3-1-2-4-7/h6-7H,1-5,10H2,(H,11,12). The Morgan fingerprint density at radius 3 is 2.83 bits per heavy atom. The van der Waals surface area contributed by atoms with Crippen LogP contribution in [0.5, 0.6) is 0 Å². The molecule has 1 aromatic rings. The van der Waals surface area contributed by atoms with Crippen molar-refractivity contribution in [1.82, 2.24) is 10.2 Å². The largest absolute Gasteiger partial charge is 0.396 e. The number of hydrogen-bond donors (Lipinski definition) is 2. The minimum absolute atomic E-state index is 0.821. The van der Waals surface area contributed by atoms with Crippen LogP contribution in [0.1, 0.15) is 31.4 Å². The van der Waals surface area contributed by atoms with Crippen molar-refractivity contribution in [2.45, 2.75) is 32.1 Å². The van der Waals surface area contributed by atoms with Crippen LogP contribution < -0.4 is 5.73 Å². The summed E-state index contributed by atoms with van der Waals surface area (Å²) >= 11 is 0. The average Bonchev–Trinajstić information content (AvgIpc) is 2.65. The molecular weight excluding hydrogens is 150 g/mol. The molecule has 66 valence electrons. The van der Waals surface area contributed by atoms with Gasteiger partial charge < -0.3 is 5.73 Å². The molecule has 1 fully saturated rings. The first kappa shape index (κ1) is 7.65. The SMILES string of the molecule is Nc1cn[nH]c1CC1CCCC1. The highest BCUT2D eigenvalue weighted by molar-refractivity contribution is 5.40. The molecule has 0 unspecified atom stereocenters. The maximum atomic E-state index is 5.72. The molecule has 2 rings (SSSR count). The van der Waals surface area contributed by atoms with Crippen molar-refractivity contribution in [3.63, 3.8) is 0 Å². The van der Waals surface area contributed by atoms with Crippen molar-refractivity contribution in [2.75, 3.05) is 5.73 Å². The van der Waals surface area contributed by atoms with Crippen LogP contribution >= 0.6 is 0 Å². The van der Waals surface area contributed by atoms with E-state index in [4.69, 9.17) is 5.73 Å². The van der Waals surface area contributed by atoms with E-state index in [9.17, 15) is 0 Å². The Morgan fingerprint density at radius 1 is 1.50 bits per heavy atom. The van der Waals surface area contributed by atoms with Gasteiger partial charge in [-0.2, -0.15) is 5.10 Å². The van der Waals surface area contributed by atoms with Crippen LogP contribution in [-0.4, -0.2) is 10.2 Å². The van der Waals surface area contributed by atoms with Crippen molar-refractivity contribution in [3.05, 3.63) is 11.9 Å². The van der Waals surface area contributed by atoms with Gasteiger partial charge in [0.1, 0.15) is 0 Å². The molecule has 1 saturated carbocycles. The van der Waals surface area contributed by atoms with Gasteiger partial charge in [-0.15, -0.1) is 0 Å². The second-order valence-corrected chi connectivity index (χ2v) is 3.66. The van der Waals surface area contributed by atoms with Crippen LogP contribution in [0.4, 0.5) is 5.69 Å². The van der Waals surface area contributed by atoms with Gasteiger partial charge >= 0.3 is 0 Å². The van der Waals surface area contributed by atoms with E-state index in [1.54, 1.807) is 6.20 Å². The van der Waals surface area contributed by atoms with Gasteiger partial charge in [-0.25, -0.2) is 0 Å². The normalized spacial score (nSPS) is 18.7. The van der Waals surface area contributed by atoms with Crippen LogP contribution in [0.15, 0.2) is 6.20 Å². The third-order valence-corrected chi connectivity index (χ3v) is 2.72. The van der Waals surface area contributed by atoms with E-state index in [2.05, 4.69) is 10.2 Å². The second kappa shape index (κ2) is 3.17. The molecule has 3 heteroatoms. The molecule has 12 heavy (non-hydrogen) atoms. The predicted molar refractivity (Wildman–Crippen MR) is 48.7 cm³/mol. The van der Waals surface area contributed by atoms with Crippen molar-refractivity contribution < 1.29 is 0 Å². The van der Waals surface area contributed by atoms with Gasteiger partial charge in [-0.3, -0.25) is 5.10 Å². The van der Waals surface area contributed by atoms with Crippen LogP contribution in [0.2, 0.25) is 0 Å². The fraction of sp³-hybridized carbons (Fsp3) is 0.667. The molecule has 1 heterocycles. The topological polar surface area (TPSA) is 54.7 Å². The number of H-pyrrole nitrogens is 1. The molecule has 3 nitrogen and oxygen atoms in total. The summed E-state index contributed by atoms with van der Waals surface area (Å²) < 4.78 is 0. The summed E-state index contributed by atoms with van der Waals surface area (Å²) in [7, 11) is 0. The minimum Gasteiger partial charge on any atom is -0.396 e. The maximum absolute atomic E-state index is 5.72. The van der Waals surface area contributed by atoms with E-state index in [-0.39, 0.29) is 0 Å². The fourth-order valence-electron chi connectivity index (χ4n) is 1.99.